The first-order valence-corrected chi connectivity index (χ1v) is 9.33. The summed E-state index contributed by atoms with van der Waals surface area (Å²) < 4.78 is 19.1. The highest BCUT2D eigenvalue weighted by atomic mass is 32.1. The van der Waals surface area contributed by atoms with Gasteiger partial charge in [0.05, 0.1) is 28.7 Å². The van der Waals surface area contributed by atoms with Crippen LogP contribution in [0.2, 0.25) is 0 Å². The number of aliphatic imine (C=N–C) groups is 2. The molecule has 4 aromatic heterocycles. The second-order valence-electron chi connectivity index (χ2n) is 5.73. The smallest absolute Gasteiger partial charge is 0.176 e. The molecule has 0 saturated carbocycles. The van der Waals surface area contributed by atoms with E-state index in [1.165, 1.54) is 23.6 Å². The van der Waals surface area contributed by atoms with E-state index in [-0.39, 0.29) is 0 Å². The van der Waals surface area contributed by atoms with Crippen molar-refractivity contribution in [2.75, 3.05) is 7.05 Å². The largest absolute Gasteiger partial charge is 0.462 e. The van der Waals surface area contributed by atoms with Crippen molar-refractivity contribution < 1.29 is 8.81 Å². The topological polar surface area (TPSA) is 76.5 Å². The summed E-state index contributed by atoms with van der Waals surface area (Å²) in [5.41, 5.74) is 3.26. The maximum atomic E-state index is 13.5. The molecule has 4 aromatic rings. The van der Waals surface area contributed by atoms with Gasteiger partial charge in [0.25, 0.3) is 0 Å². The Balaban J connectivity index is 0.00000117. The van der Waals surface area contributed by atoms with Crippen LogP contribution in [0.15, 0.2) is 64.4 Å². The van der Waals surface area contributed by atoms with E-state index in [9.17, 15) is 4.39 Å². The van der Waals surface area contributed by atoms with Crippen LogP contribution in [-0.2, 0) is 0 Å². The van der Waals surface area contributed by atoms with Gasteiger partial charge in [-0.25, -0.2) is 19.4 Å². The Morgan fingerprint density at radius 1 is 1.21 bits per heavy atom. The van der Waals surface area contributed by atoms with Gasteiger partial charge >= 0.3 is 0 Å². The summed E-state index contributed by atoms with van der Waals surface area (Å²) >= 11 is 1.42. The van der Waals surface area contributed by atoms with Crippen molar-refractivity contribution in [3.05, 3.63) is 67.2 Å². The number of aryl methyl sites for hydroxylation is 1. The molecule has 4 rings (SSSR count). The molecule has 0 saturated heterocycles. The van der Waals surface area contributed by atoms with Gasteiger partial charge in [-0.15, -0.1) is 24.5 Å². The van der Waals surface area contributed by atoms with Crippen molar-refractivity contribution in [2.45, 2.75) is 6.92 Å². The number of thiazole rings is 1. The summed E-state index contributed by atoms with van der Waals surface area (Å²) in [6, 6.07) is 5.19. The van der Waals surface area contributed by atoms with Crippen molar-refractivity contribution in [3.63, 3.8) is 0 Å². The van der Waals surface area contributed by atoms with Crippen LogP contribution in [0.5, 0.6) is 0 Å². The number of rotatable bonds is 3. The van der Waals surface area contributed by atoms with Crippen LogP contribution in [0, 0.1) is 12.7 Å². The standard InChI is InChI=1S/C19H14FN5OS.C2H4/c1-10-17(27-19(24-10)12-6-13(20)9-23-8-12)14-7-11-4-5-26-16(11)15(25-14)18(21-2)22-3;1-2/h4-9H,2H2,1,3H3;1-2H2. The van der Waals surface area contributed by atoms with Gasteiger partial charge in [0.2, 0.25) is 0 Å². The molecule has 6 nitrogen and oxygen atoms in total. The second-order valence-corrected chi connectivity index (χ2v) is 6.72. The third-order valence-corrected chi connectivity index (χ3v) is 5.22. The first-order chi connectivity index (χ1) is 14.1. The van der Waals surface area contributed by atoms with Gasteiger partial charge in [-0.05, 0) is 31.8 Å². The molecule has 0 bridgehead atoms. The SMILES string of the molecule is C=C.C=NC(=NC)c1nc(-c2sc(-c3cncc(F)c3)nc2C)cc2ccoc12. The number of fused-ring (bicyclic) bond motifs is 1. The average molecular weight is 407 g/mol. The number of furan rings is 1. The Morgan fingerprint density at radius 2 is 2.00 bits per heavy atom. The molecule has 0 radical (unpaired) electrons. The number of aromatic nitrogens is 3. The Kier molecular flexibility index (Phi) is 6.04. The summed E-state index contributed by atoms with van der Waals surface area (Å²) in [5, 5.41) is 1.55. The summed E-state index contributed by atoms with van der Waals surface area (Å²) in [4.78, 5) is 22.1. The Bertz CT molecular complexity index is 1210. The third-order valence-electron chi connectivity index (χ3n) is 3.99. The number of hydrogen-bond acceptors (Lipinski definition) is 6. The normalized spacial score (nSPS) is 11.2. The van der Waals surface area contributed by atoms with Gasteiger partial charge in [0.15, 0.2) is 17.1 Å². The van der Waals surface area contributed by atoms with Crippen LogP contribution < -0.4 is 0 Å². The maximum absolute atomic E-state index is 13.5. The molecule has 0 unspecified atom stereocenters. The lowest BCUT2D eigenvalue weighted by atomic mass is 10.2. The highest BCUT2D eigenvalue weighted by Gasteiger charge is 2.18. The molecule has 4 heterocycles. The van der Waals surface area contributed by atoms with Crippen LogP contribution in [0.1, 0.15) is 11.4 Å². The highest BCUT2D eigenvalue weighted by molar-refractivity contribution is 7.18. The van der Waals surface area contributed by atoms with Crippen LogP contribution in [0.4, 0.5) is 4.39 Å². The molecule has 0 aliphatic carbocycles. The van der Waals surface area contributed by atoms with Crippen molar-refractivity contribution in [1.29, 1.82) is 0 Å². The Morgan fingerprint density at radius 3 is 2.69 bits per heavy atom. The van der Waals surface area contributed by atoms with Crippen molar-refractivity contribution >= 4 is 34.9 Å². The van der Waals surface area contributed by atoms with Gasteiger partial charge in [-0.1, -0.05) is 0 Å². The lowest BCUT2D eigenvalue weighted by Crippen LogP contribution is -2.02. The molecule has 0 aliphatic rings. The second kappa shape index (κ2) is 8.66. The van der Waals surface area contributed by atoms with Crippen LogP contribution in [-0.4, -0.2) is 34.6 Å². The zero-order chi connectivity index (χ0) is 21.0. The molecular weight excluding hydrogens is 389 g/mol. The van der Waals surface area contributed by atoms with E-state index in [2.05, 4.69) is 39.8 Å². The predicted octanol–water partition coefficient (Wildman–Crippen LogP) is 5.34. The fourth-order valence-electron chi connectivity index (χ4n) is 2.78. The zero-order valence-corrected chi connectivity index (χ0v) is 16.8. The van der Waals surface area contributed by atoms with Gasteiger partial charge in [0, 0.05) is 24.2 Å². The molecule has 0 fully saturated rings. The molecular formula is C21H18FN5OS. The lowest BCUT2D eigenvalue weighted by Gasteiger charge is -2.04. The summed E-state index contributed by atoms with van der Waals surface area (Å²) in [6.07, 6.45) is 4.35. The van der Waals surface area contributed by atoms with Gasteiger partial charge < -0.3 is 4.42 Å². The number of amidine groups is 1. The molecule has 8 heteroatoms. The van der Waals surface area contributed by atoms with E-state index in [1.807, 2.05) is 19.1 Å². The van der Waals surface area contributed by atoms with E-state index in [0.717, 1.165) is 16.0 Å². The number of halogens is 1. The van der Waals surface area contributed by atoms with E-state index >= 15 is 0 Å². The minimum atomic E-state index is -0.400. The molecule has 146 valence electrons. The van der Waals surface area contributed by atoms with Crippen LogP contribution in [0.25, 0.3) is 32.1 Å². The van der Waals surface area contributed by atoms with E-state index in [0.29, 0.717) is 33.4 Å². The first kappa shape index (κ1) is 20.2. The van der Waals surface area contributed by atoms with Crippen molar-refractivity contribution in [1.82, 2.24) is 15.0 Å². The number of pyridine rings is 2. The minimum absolute atomic E-state index is 0.397. The Labute approximate surface area is 171 Å². The molecule has 0 aliphatic heterocycles. The fraction of sp³-hybridized carbons (Fsp3) is 0.0952. The van der Waals surface area contributed by atoms with Gasteiger partial charge in [-0.2, -0.15) is 0 Å². The first-order valence-electron chi connectivity index (χ1n) is 8.51. The van der Waals surface area contributed by atoms with E-state index < -0.39 is 5.82 Å². The van der Waals surface area contributed by atoms with Gasteiger partial charge in [0.1, 0.15) is 10.8 Å². The van der Waals surface area contributed by atoms with Crippen molar-refractivity contribution in [3.8, 4) is 21.1 Å². The highest BCUT2D eigenvalue weighted by Crippen LogP contribution is 2.36. The monoisotopic (exact) mass is 407 g/mol. The summed E-state index contributed by atoms with van der Waals surface area (Å²) in [6.45, 7) is 11.4. The van der Waals surface area contributed by atoms with Crippen LogP contribution >= 0.6 is 11.3 Å². The zero-order valence-electron chi connectivity index (χ0n) is 16.0. The number of hydrogen-bond donors (Lipinski definition) is 0. The van der Waals surface area contributed by atoms with E-state index in [4.69, 9.17) is 9.40 Å². The fourth-order valence-corrected chi connectivity index (χ4v) is 3.79. The van der Waals surface area contributed by atoms with E-state index in [1.54, 1.807) is 19.5 Å². The molecule has 0 N–H and O–H groups in total. The predicted molar refractivity (Wildman–Crippen MR) is 116 cm³/mol. The minimum Gasteiger partial charge on any atom is -0.462 e. The quantitative estimate of drug-likeness (QED) is 0.261. The molecule has 0 spiro atoms. The molecule has 29 heavy (non-hydrogen) atoms. The summed E-state index contributed by atoms with van der Waals surface area (Å²) in [5.74, 6) is -0.00323. The third kappa shape index (κ3) is 3.88. The summed E-state index contributed by atoms with van der Waals surface area (Å²) in [7, 11) is 1.63. The number of nitrogens with zero attached hydrogens (tertiary/aromatic N) is 5. The van der Waals surface area contributed by atoms with Gasteiger partial charge in [-0.3, -0.25) is 9.98 Å². The van der Waals surface area contributed by atoms with Crippen molar-refractivity contribution in [2.24, 2.45) is 9.98 Å². The molecule has 0 aromatic carbocycles. The average Bonchev–Trinajstić information content (AvgIpc) is 3.37. The maximum Gasteiger partial charge on any atom is 0.176 e. The van der Waals surface area contributed by atoms with Crippen LogP contribution in [0.3, 0.4) is 0 Å². The Hall–Kier alpha value is -3.52. The molecule has 0 amide bonds. The lowest BCUT2D eigenvalue weighted by molar-refractivity contribution is 0.613. The molecule has 0 atom stereocenters.